The molecule has 0 aliphatic rings. The topological polar surface area (TPSA) is 20.2 Å². The number of halogens is 1. The van der Waals surface area contributed by atoms with Gasteiger partial charge < -0.3 is 5.11 Å². The summed E-state index contributed by atoms with van der Waals surface area (Å²) in [5.41, 5.74) is 1.48. The fourth-order valence-corrected chi connectivity index (χ4v) is 2.83. The molecule has 1 unspecified atom stereocenters. The molecule has 78 valence electrons. The number of alkyl halides is 1. The first-order valence-electron chi connectivity index (χ1n) is 4.85. The van der Waals surface area contributed by atoms with Gasteiger partial charge in [-0.15, -0.1) is 0 Å². The summed E-state index contributed by atoms with van der Waals surface area (Å²) in [5.74, 6) is 0.340. The molecule has 1 aromatic carbocycles. The maximum absolute atomic E-state index is 9.20. The molecular weight excluding hydrogens is 287 g/mol. The highest BCUT2D eigenvalue weighted by molar-refractivity contribution is 14.1. The van der Waals surface area contributed by atoms with E-state index in [1.165, 1.54) is 5.56 Å². The van der Waals surface area contributed by atoms with Crippen LogP contribution in [0, 0.1) is 0 Å². The van der Waals surface area contributed by atoms with E-state index in [0.717, 1.165) is 6.42 Å². The fraction of sp³-hybridized carbons (Fsp3) is 0.500. The Bertz CT molecular complexity index is 288. The van der Waals surface area contributed by atoms with Gasteiger partial charge in [0, 0.05) is 3.92 Å². The molecule has 0 saturated heterocycles. The molecule has 1 N–H and O–H groups in total. The lowest BCUT2D eigenvalue weighted by molar-refractivity contribution is 0.468. The van der Waals surface area contributed by atoms with Gasteiger partial charge in [-0.3, -0.25) is 0 Å². The molecule has 1 rings (SSSR count). The number of phenolic OH excluding ortho intramolecular Hbond substituents is 1. The van der Waals surface area contributed by atoms with Crippen LogP contribution in [0.4, 0.5) is 0 Å². The highest BCUT2D eigenvalue weighted by Gasteiger charge is 2.22. The molecule has 0 heterocycles. The Labute approximate surface area is 99.7 Å². The quantitative estimate of drug-likeness (QED) is 0.663. The molecule has 0 radical (unpaired) electrons. The first-order chi connectivity index (χ1) is 6.42. The summed E-state index contributed by atoms with van der Waals surface area (Å²) in [7, 11) is 0. The van der Waals surface area contributed by atoms with Crippen molar-refractivity contribution in [2.75, 3.05) is 0 Å². The average molecular weight is 304 g/mol. The second-order valence-corrected chi connectivity index (χ2v) is 6.54. The molecule has 0 saturated carbocycles. The van der Waals surface area contributed by atoms with Crippen LogP contribution >= 0.6 is 22.6 Å². The highest BCUT2D eigenvalue weighted by atomic mass is 127. The third-order valence-corrected chi connectivity index (χ3v) is 2.88. The van der Waals surface area contributed by atoms with Crippen molar-refractivity contribution in [3.63, 3.8) is 0 Å². The zero-order chi connectivity index (χ0) is 10.8. The molecule has 1 nitrogen and oxygen atoms in total. The number of phenols is 1. The molecular formula is C12H17IO. The summed E-state index contributed by atoms with van der Waals surface area (Å²) in [5, 5.41) is 9.20. The van der Waals surface area contributed by atoms with Gasteiger partial charge in [-0.25, -0.2) is 0 Å². The van der Waals surface area contributed by atoms with E-state index in [1.54, 1.807) is 12.1 Å². The Morgan fingerprint density at radius 2 is 1.79 bits per heavy atom. The van der Waals surface area contributed by atoms with Crippen LogP contribution in [0.2, 0.25) is 0 Å². The molecule has 0 aliphatic carbocycles. The second-order valence-electron chi connectivity index (χ2n) is 4.42. The molecule has 0 bridgehead atoms. The zero-order valence-corrected chi connectivity index (χ0v) is 11.1. The minimum Gasteiger partial charge on any atom is -0.508 e. The van der Waals surface area contributed by atoms with Gasteiger partial charge >= 0.3 is 0 Å². The van der Waals surface area contributed by atoms with Crippen molar-refractivity contribution in [3.8, 4) is 5.75 Å². The van der Waals surface area contributed by atoms with Gasteiger partial charge in [-0.1, -0.05) is 55.5 Å². The SMILES string of the molecule is CC(I)CC(C)(C)c1ccc(O)cc1. The van der Waals surface area contributed by atoms with Gasteiger partial charge in [0.1, 0.15) is 5.75 Å². The molecule has 0 fully saturated rings. The Morgan fingerprint density at radius 3 is 2.21 bits per heavy atom. The van der Waals surface area contributed by atoms with E-state index in [1.807, 2.05) is 12.1 Å². The van der Waals surface area contributed by atoms with Crippen LogP contribution < -0.4 is 0 Å². The minimum absolute atomic E-state index is 0.189. The third kappa shape index (κ3) is 3.15. The van der Waals surface area contributed by atoms with E-state index in [4.69, 9.17) is 0 Å². The van der Waals surface area contributed by atoms with Crippen LogP contribution in [0.3, 0.4) is 0 Å². The number of hydrogen-bond acceptors (Lipinski definition) is 1. The Kier molecular flexibility index (Phi) is 3.81. The Balaban J connectivity index is 2.86. The van der Waals surface area contributed by atoms with E-state index in [-0.39, 0.29) is 5.41 Å². The monoisotopic (exact) mass is 304 g/mol. The fourth-order valence-electron chi connectivity index (χ4n) is 1.73. The molecule has 0 amide bonds. The molecule has 1 aromatic rings. The van der Waals surface area contributed by atoms with Gasteiger partial charge in [0.15, 0.2) is 0 Å². The largest absolute Gasteiger partial charge is 0.508 e. The molecule has 1 atom stereocenters. The molecule has 0 aromatic heterocycles. The summed E-state index contributed by atoms with van der Waals surface area (Å²) < 4.78 is 0.663. The highest BCUT2D eigenvalue weighted by Crippen LogP contribution is 2.31. The van der Waals surface area contributed by atoms with Gasteiger partial charge in [0.05, 0.1) is 0 Å². The van der Waals surface area contributed by atoms with Crippen LogP contribution in [0.25, 0.3) is 0 Å². The summed E-state index contributed by atoms with van der Waals surface area (Å²) in [6.45, 7) is 6.71. The standard InChI is InChI=1S/C12H17IO/c1-9(13)8-12(2,3)10-4-6-11(14)7-5-10/h4-7,9,14H,8H2,1-3H3. The van der Waals surface area contributed by atoms with E-state index in [2.05, 4.69) is 43.4 Å². The summed E-state index contributed by atoms with van der Waals surface area (Å²) in [6.07, 6.45) is 1.15. The van der Waals surface area contributed by atoms with Crippen LogP contribution in [0.1, 0.15) is 32.8 Å². The van der Waals surface area contributed by atoms with E-state index in [9.17, 15) is 5.11 Å². The first kappa shape index (κ1) is 11.8. The molecule has 2 heteroatoms. The Morgan fingerprint density at radius 1 is 1.29 bits per heavy atom. The smallest absolute Gasteiger partial charge is 0.115 e. The van der Waals surface area contributed by atoms with Crippen molar-refractivity contribution in [1.29, 1.82) is 0 Å². The van der Waals surface area contributed by atoms with Crippen molar-refractivity contribution in [2.45, 2.75) is 36.5 Å². The van der Waals surface area contributed by atoms with Gasteiger partial charge in [-0.2, -0.15) is 0 Å². The van der Waals surface area contributed by atoms with Crippen molar-refractivity contribution < 1.29 is 5.11 Å². The third-order valence-electron chi connectivity index (χ3n) is 2.44. The number of rotatable bonds is 3. The van der Waals surface area contributed by atoms with Gasteiger partial charge in [0.2, 0.25) is 0 Å². The molecule has 0 aliphatic heterocycles. The Hall–Kier alpha value is -0.250. The van der Waals surface area contributed by atoms with Crippen LogP contribution in [0.5, 0.6) is 5.75 Å². The molecule has 0 spiro atoms. The van der Waals surface area contributed by atoms with E-state index >= 15 is 0 Å². The van der Waals surface area contributed by atoms with Crippen LogP contribution in [-0.2, 0) is 5.41 Å². The second kappa shape index (κ2) is 4.51. The lowest BCUT2D eigenvalue weighted by Crippen LogP contribution is -2.20. The lowest BCUT2D eigenvalue weighted by Gasteiger charge is -2.26. The number of aromatic hydroxyl groups is 1. The van der Waals surface area contributed by atoms with E-state index < -0.39 is 0 Å². The maximum atomic E-state index is 9.20. The first-order valence-corrected chi connectivity index (χ1v) is 6.10. The van der Waals surface area contributed by atoms with Crippen molar-refractivity contribution in [1.82, 2.24) is 0 Å². The number of benzene rings is 1. The normalized spacial score (nSPS) is 14.0. The predicted octanol–water partition coefficient (Wildman–Crippen LogP) is 3.88. The maximum Gasteiger partial charge on any atom is 0.115 e. The van der Waals surface area contributed by atoms with Gasteiger partial charge in [-0.05, 0) is 29.5 Å². The summed E-state index contributed by atoms with van der Waals surface area (Å²) in [6, 6.07) is 7.53. The van der Waals surface area contributed by atoms with Gasteiger partial charge in [0.25, 0.3) is 0 Å². The van der Waals surface area contributed by atoms with Crippen molar-refractivity contribution >= 4 is 22.6 Å². The number of hydrogen-bond donors (Lipinski definition) is 1. The van der Waals surface area contributed by atoms with Crippen LogP contribution in [0.15, 0.2) is 24.3 Å². The predicted molar refractivity (Wildman–Crippen MR) is 69.2 cm³/mol. The van der Waals surface area contributed by atoms with Crippen molar-refractivity contribution in [3.05, 3.63) is 29.8 Å². The molecule has 14 heavy (non-hydrogen) atoms. The minimum atomic E-state index is 0.189. The summed E-state index contributed by atoms with van der Waals surface area (Å²) >= 11 is 2.45. The zero-order valence-electron chi connectivity index (χ0n) is 8.92. The van der Waals surface area contributed by atoms with E-state index in [0.29, 0.717) is 9.67 Å². The lowest BCUT2D eigenvalue weighted by atomic mass is 9.81. The summed E-state index contributed by atoms with van der Waals surface area (Å²) in [4.78, 5) is 0. The van der Waals surface area contributed by atoms with Crippen molar-refractivity contribution in [2.24, 2.45) is 0 Å². The average Bonchev–Trinajstić information content (AvgIpc) is 2.02. The van der Waals surface area contributed by atoms with Crippen LogP contribution in [-0.4, -0.2) is 9.03 Å².